The molecule has 0 saturated carbocycles. The molecule has 1 fully saturated rings. The smallest absolute Gasteiger partial charge is 0.233 e. The van der Waals surface area contributed by atoms with Crippen LogP contribution in [-0.2, 0) is 4.79 Å². The first-order valence-corrected chi connectivity index (χ1v) is 8.72. The minimum atomic E-state index is -1.01. The number of halogens is 1. The number of amides is 1. The third-order valence-electron chi connectivity index (χ3n) is 4.49. The van der Waals surface area contributed by atoms with Crippen LogP contribution in [0.25, 0.3) is 0 Å². The van der Waals surface area contributed by atoms with Crippen molar-refractivity contribution in [2.24, 2.45) is 23.1 Å². The molecular weight excluding hydrogens is 339 g/mol. The summed E-state index contributed by atoms with van der Waals surface area (Å²) in [6.07, 6.45) is 1.50. The van der Waals surface area contributed by atoms with Gasteiger partial charge in [-0.05, 0) is 31.6 Å². The molecule has 2 heterocycles. The highest BCUT2D eigenvalue weighted by Gasteiger charge is 2.35. The first-order valence-electron chi connectivity index (χ1n) is 8.72. The van der Waals surface area contributed by atoms with Gasteiger partial charge in [-0.15, -0.1) is 0 Å². The number of hydrogen-bond donors (Lipinski definition) is 7. The molecule has 2 unspecified atom stereocenters. The van der Waals surface area contributed by atoms with E-state index in [1.165, 1.54) is 0 Å². The van der Waals surface area contributed by atoms with Crippen LogP contribution in [0.2, 0.25) is 0 Å². The van der Waals surface area contributed by atoms with Crippen LogP contribution < -0.4 is 38.5 Å². The number of alkyl halides is 1. The number of anilines is 1. The maximum absolute atomic E-state index is 13.3. The van der Waals surface area contributed by atoms with Gasteiger partial charge in [0.15, 0.2) is 0 Å². The van der Waals surface area contributed by atoms with Gasteiger partial charge in [-0.25, -0.2) is 4.39 Å². The molecule has 1 saturated heterocycles. The Balaban J connectivity index is 2.16. The van der Waals surface area contributed by atoms with E-state index in [-0.39, 0.29) is 25.0 Å². The third kappa shape index (κ3) is 5.16. The average Bonchev–Trinajstić information content (AvgIpc) is 2.62. The Bertz CT molecular complexity index is 579. The van der Waals surface area contributed by atoms with Crippen molar-refractivity contribution in [3.63, 3.8) is 0 Å². The Morgan fingerprint density at radius 3 is 2.69 bits per heavy atom. The lowest BCUT2D eigenvalue weighted by Gasteiger charge is -2.34. The molecule has 2 rings (SSSR count). The molecule has 0 aliphatic carbocycles. The second-order valence-electron chi connectivity index (χ2n) is 6.37. The number of carbonyl (C=O) groups excluding carboxylic acids is 1. The molecule has 2 atom stereocenters. The number of aromatic nitrogens is 1. The van der Waals surface area contributed by atoms with Crippen molar-refractivity contribution in [2.75, 3.05) is 32.0 Å². The number of rotatable bonds is 8. The molecule has 0 bridgehead atoms. The van der Waals surface area contributed by atoms with E-state index in [0.717, 1.165) is 5.56 Å². The van der Waals surface area contributed by atoms with Gasteiger partial charge in [0.1, 0.15) is 6.17 Å². The van der Waals surface area contributed by atoms with Gasteiger partial charge in [-0.2, -0.15) is 0 Å². The van der Waals surface area contributed by atoms with Gasteiger partial charge < -0.3 is 27.8 Å². The molecule has 9 nitrogen and oxygen atoms in total. The second kappa shape index (κ2) is 9.86. The fourth-order valence-electron chi connectivity index (χ4n) is 3.11. The summed E-state index contributed by atoms with van der Waals surface area (Å²) >= 11 is 0. The Kier molecular flexibility index (Phi) is 7.82. The van der Waals surface area contributed by atoms with Crippen molar-refractivity contribution in [1.82, 2.24) is 20.9 Å². The minimum Gasteiger partial charge on any atom is -0.330 e. The summed E-state index contributed by atoms with van der Waals surface area (Å²) in [5.74, 6) is -1.14. The van der Waals surface area contributed by atoms with E-state index < -0.39 is 24.4 Å². The molecule has 0 radical (unpaired) electrons. The molecular formula is C16H29FN8O. The van der Waals surface area contributed by atoms with E-state index in [1.54, 1.807) is 12.4 Å². The van der Waals surface area contributed by atoms with Gasteiger partial charge in [0.2, 0.25) is 5.91 Å². The van der Waals surface area contributed by atoms with Crippen LogP contribution in [-0.4, -0.2) is 56.1 Å². The largest absolute Gasteiger partial charge is 0.330 e. The lowest BCUT2D eigenvalue weighted by molar-refractivity contribution is -0.122. The molecule has 26 heavy (non-hydrogen) atoms. The Hall–Kier alpha value is -1.69. The SMILES string of the molecule is CNC(CCN)c1ccncc1NC(=O)C(C(N)N)C1NCC(F)CN1. The normalized spacial score (nSPS) is 22.8. The zero-order valence-corrected chi connectivity index (χ0v) is 14.9. The van der Waals surface area contributed by atoms with Crippen LogP contribution in [0.3, 0.4) is 0 Å². The topological polar surface area (TPSA) is 156 Å². The minimum absolute atomic E-state index is 0.0264. The fraction of sp³-hybridized carbons (Fsp3) is 0.625. The van der Waals surface area contributed by atoms with Crippen LogP contribution in [0.5, 0.6) is 0 Å². The Labute approximate surface area is 152 Å². The molecule has 1 aliphatic heterocycles. The molecule has 10 heteroatoms. The molecule has 146 valence electrons. The monoisotopic (exact) mass is 368 g/mol. The highest BCUT2D eigenvalue weighted by atomic mass is 19.1. The third-order valence-corrected chi connectivity index (χ3v) is 4.49. The van der Waals surface area contributed by atoms with Crippen molar-refractivity contribution in [3.8, 4) is 0 Å². The highest BCUT2D eigenvalue weighted by Crippen LogP contribution is 2.24. The van der Waals surface area contributed by atoms with Crippen molar-refractivity contribution in [2.45, 2.75) is 31.0 Å². The molecule has 1 aromatic heterocycles. The lowest BCUT2D eigenvalue weighted by Crippen LogP contribution is -2.64. The molecule has 0 spiro atoms. The van der Waals surface area contributed by atoms with E-state index in [4.69, 9.17) is 17.2 Å². The Morgan fingerprint density at radius 2 is 2.12 bits per heavy atom. The van der Waals surface area contributed by atoms with E-state index in [9.17, 15) is 9.18 Å². The van der Waals surface area contributed by atoms with Crippen LogP contribution >= 0.6 is 0 Å². The summed E-state index contributed by atoms with van der Waals surface area (Å²) in [7, 11) is 1.83. The quantitative estimate of drug-likeness (QED) is 0.269. The van der Waals surface area contributed by atoms with Gasteiger partial charge in [-0.3, -0.25) is 20.4 Å². The van der Waals surface area contributed by atoms with Gasteiger partial charge >= 0.3 is 0 Å². The molecule has 1 aromatic rings. The van der Waals surface area contributed by atoms with E-state index in [2.05, 4.69) is 26.3 Å². The highest BCUT2D eigenvalue weighted by molar-refractivity contribution is 5.94. The van der Waals surface area contributed by atoms with Crippen LogP contribution in [0.15, 0.2) is 18.5 Å². The first kappa shape index (κ1) is 20.6. The standard InChI is InChI=1S/C16H29FN8O/c1-21-11(2-4-18)10-3-5-22-8-12(10)25-16(26)13(14(19)20)15-23-6-9(17)7-24-15/h3,5,8-9,11,13-15,21,23-24H,2,4,6-7,18-20H2,1H3,(H,25,26). The van der Waals surface area contributed by atoms with Gasteiger partial charge in [0.05, 0.1) is 30.1 Å². The maximum atomic E-state index is 13.3. The van der Waals surface area contributed by atoms with Crippen LogP contribution in [0.1, 0.15) is 18.0 Å². The number of nitrogens with one attached hydrogen (secondary N) is 4. The molecule has 1 aliphatic rings. The number of pyridine rings is 1. The van der Waals surface area contributed by atoms with E-state index in [0.29, 0.717) is 18.7 Å². The summed E-state index contributed by atoms with van der Waals surface area (Å²) in [5.41, 5.74) is 18.8. The van der Waals surface area contributed by atoms with Crippen LogP contribution in [0.4, 0.5) is 10.1 Å². The van der Waals surface area contributed by atoms with Crippen molar-refractivity contribution < 1.29 is 9.18 Å². The van der Waals surface area contributed by atoms with Gasteiger partial charge in [-0.1, -0.05) is 0 Å². The second-order valence-corrected chi connectivity index (χ2v) is 6.37. The molecule has 1 amide bonds. The van der Waals surface area contributed by atoms with Crippen molar-refractivity contribution in [1.29, 1.82) is 0 Å². The Morgan fingerprint density at radius 1 is 1.42 bits per heavy atom. The number of nitrogens with two attached hydrogens (primary N) is 3. The summed E-state index contributed by atoms with van der Waals surface area (Å²) < 4.78 is 13.3. The summed E-state index contributed by atoms with van der Waals surface area (Å²) in [4.78, 5) is 16.9. The zero-order valence-electron chi connectivity index (χ0n) is 14.9. The summed E-state index contributed by atoms with van der Waals surface area (Å²) in [6.45, 7) is 0.785. The molecule has 0 aromatic carbocycles. The van der Waals surface area contributed by atoms with Gasteiger partial charge in [0, 0.05) is 25.3 Å². The number of hydrogen-bond acceptors (Lipinski definition) is 8. The summed E-state index contributed by atoms with van der Waals surface area (Å²) in [5, 5.41) is 11.9. The summed E-state index contributed by atoms with van der Waals surface area (Å²) in [6, 6.07) is 1.80. The number of nitrogens with zero attached hydrogens (tertiary/aromatic N) is 1. The maximum Gasteiger partial charge on any atom is 0.233 e. The van der Waals surface area contributed by atoms with Crippen molar-refractivity contribution in [3.05, 3.63) is 24.0 Å². The zero-order chi connectivity index (χ0) is 19.1. The van der Waals surface area contributed by atoms with Crippen molar-refractivity contribution >= 4 is 11.6 Å². The predicted octanol–water partition coefficient (Wildman–Crippen LogP) is -1.65. The van der Waals surface area contributed by atoms with Crippen LogP contribution in [0, 0.1) is 5.92 Å². The number of carbonyl (C=O) groups is 1. The van der Waals surface area contributed by atoms with Gasteiger partial charge in [0.25, 0.3) is 0 Å². The predicted molar refractivity (Wildman–Crippen MR) is 98.7 cm³/mol. The van der Waals surface area contributed by atoms with E-state index >= 15 is 0 Å². The lowest BCUT2D eigenvalue weighted by atomic mass is 9.98. The first-order chi connectivity index (χ1) is 12.5. The van der Waals surface area contributed by atoms with E-state index in [1.807, 2.05) is 13.1 Å². The average molecular weight is 368 g/mol. The molecule has 10 N–H and O–H groups in total. The fourth-order valence-corrected chi connectivity index (χ4v) is 3.11.